The molecule has 2 nitrogen and oxygen atoms in total. The number of hydrogen-bond donors (Lipinski definition) is 2. The first kappa shape index (κ1) is 11.2. The zero-order chi connectivity index (χ0) is 11.5. The molecule has 0 aliphatic carbocycles. The summed E-state index contributed by atoms with van der Waals surface area (Å²) in [5.74, 6) is 0. The Morgan fingerprint density at radius 1 is 0.875 bits per heavy atom. The lowest BCUT2D eigenvalue weighted by atomic mass is 9.75. The maximum Gasteiger partial charge on any atom is 0.490 e. The van der Waals surface area contributed by atoms with Crippen molar-refractivity contribution in [1.29, 1.82) is 0 Å². The molecule has 0 aliphatic heterocycles. The summed E-state index contributed by atoms with van der Waals surface area (Å²) in [6, 6.07) is 14.7. The molecule has 16 heavy (non-hydrogen) atoms. The summed E-state index contributed by atoms with van der Waals surface area (Å²) < 4.78 is 0. The van der Waals surface area contributed by atoms with E-state index in [1.54, 1.807) is 12.1 Å². The minimum absolute atomic E-state index is 0.343. The Bertz CT molecular complexity index is 486. The van der Waals surface area contributed by atoms with E-state index in [-0.39, 0.29) is 0 Å². The highest BCUT2D eigenvalue weighted by molar-refractivity contribution is 6.64. The zero-order valence-corrected chi connectivity index (χ0v) is 9.22. The Morgan fingerprint density at radius 2 is 1.56 bits per heavy atom. The van der Waals surface area contributed by atoms with Crippen molar-refractivity contribution in [2.24, 2.45) is 0 Å². The van der Waals surface area contributed by atoms with E-state index in [1.165, 1.54) is 0 Å². The number of benzene rings is 2. The second-order valence-electron chi connectivity index (χ2n) is 3.44. The Balaban J connectivity index is 2.61. The number of halogens is 1. The predicted octanol–water partition coefficient (Wildman–Crippen LogP) is 1.69. The topological polar surface area (TPSA) is 40.5 Å². The molecule has 80 valence electrons. The lowest BCUT2D eigenvalue weighted by Crippen LogP contribution is -2.32. The molecule has 0 aromatic heterocycles. The summed E-state index contributed by atoms with van der Waals surface area (Å²) in [6.45, 7) is 0. The van der Waals surface area contributed by atoms with Crippen LogP contribution in [0.4, 0.5) is 0 Å². The molecule has 0 heterocycles. The van der Waals surface area contributed by atoms with Crippen LogP contribution in [0.25, 0.3) is 11.1 Å². The van der Waals surface area contributed by atoms with Crippen LogP contribution in [0.15, 0.2) is 48.5 Å². The number of hydrogen-bond acceptors (Lipinski definition) is 2. The third kappa shape index (κ3) is 2.12. The molecular weight excluding hydrogens is 222 g/mol. The third-order valence-electron chi connectivity index (χ3n) is 2.40. The molecule has 4 heteroatoms. The van der Waals surface area contributed by atoms with Gasteiger partial charge in [-0.1, -0.05) is 54.1 Å². The van der Waals surface area contributed by atoms with Crippen molar-refractivity contribution in [2.45, 2.75) is 0 Å². The van der Waals surface area contributed by atoms with Gasteiger partial charge in [-0.05, 0) is 17.2 Å². The SMILES string of the molecule is OB(O)c1c(Cl)cccc1-c1ccccc1. The standard InChI is InChI=1S/C12H10BClO2/c14-11-8-4-7-10(12(11)13(15)16)9-5-2-1-3-6-9/h1-8,15-16H. The molecule has 0 spiro atoms. The maximum absolute atomic E-state index is 9.32. The molecule has 0 atom stereocenters. The normalized spacial score (nSPS) is 10.2. The molecule has 0 saturated heterocycles. The van der Waals surface area contributed by atoms with Crippen molar-refractivity contribution < 1.29 is 10.0 Å². The van der Waals surface area contributed by atoms with Crippen LogP contribution in [0, 0.1) is 0 Å². The van der Waals surface area contributed by atoms with E-state index in [2.05, 4.69) is 0 Å². The van der Waals surface area contributed by atoms with Crippen LogP contribution in [-0.4, -0.2) is 17.2 Å². The van der Waals surface area contributed by atoms with E-state index >= 15 is 0 Å². The maximum atomic E-state index is 9.32. The van der Waals surface area contributed by atoms with Crippen molar-refractivity contribution in [2.75, 3.05) is 0 Å². The van der Waals surface area contributed by atoms with Crippen LogP contribution < -0.4 is 5.46 Å². The summed E-state index contributed by atoms with van der Waals surface area (Å²) in [7, 11) is -1.57. The molecule has 0 unspecified atom stereocenters. The smallest absolute Gasteiger partial charge is 0.423 e. The van der Waals surface area contributed by atoms with Crippen LogP contribution in [0.2, 0.25) is 5.02 Å². The Hall–Kier alpha value is -1.29. The Morgan fingerprint density at radius 3 is 2.19 bits per heavy atom. The van der Waals surface area contributed by atoms with Gasteiger partial charge in [-0.25, -0.2) is 0 Å². The molecule has 0 aliphatic rings. The highest BCUT2D eigenvalue weighted by Gasteiger charge is 2.19. The van der Waals surface area contributed by atoms with Crippen LogP contribution >= 0.6 is 11.6 Å². The first-order valence-electron chi connectivity index (χ1n) is 4.90. The predicted molar refractivity (Wildman–Crippen MR) is 66.7 cm³/mol. The largest absolute Gasteiger partial charge is 0.490 e. The van der Waals surface area contributed by atoms with Gasteiger partial charge in [0.25, 0.3) is 0 Å². The first-order chi connectivity index (χ1) is 7.70. The number of rotatable bonds is 2. The van der Waals surface area contributed by atoms with Crippen molar-refractivity contribution in [3.8, 4) is 11.1 Å². The van der Waals surface area contributed by atoms with Crippen molar-refractivity contribution in [3.63, 3.8) is 0 Å². The molecule has 0 amide bonds. The highest BCUT2D eigenvalue weighted by atomic mass is 35.5. The minimum Gasteiger partial charge on any atom is -0.423 e. The van der Waals surface area contributed by atoms with Gasteiger partial charge in [-0.15, -0.1) is 0 Å². The van der Waals surface area contributed by atoms with Crippen LogP contribution in [-0.2, 0) is 0 Å². The van der Waals surface area contributed by atoms with Gasteiger partial charge in [0.15, 0.2) is 0 Å². The van der Waals surface area contributed by atoms with Gasteiger partial charge in [0, 0.05) is 10.5 Å². The molecule has 2 aromatic carbocycles. The van der Waals surface area contributed by atoms with E-state index in [4.69, 9.17) is 11.6 Å². The summed E-state index contributed by atoms with van der Waals surface area (Å²) in [5, 5.41) is 19.0. The van der Waals surface area contributed by atoms with Gasteiger partial charge in [0.1, 0.15) is 0 Å². The average Bonchev–Trinajstić information content (AvgIpc) is 2.29. The van der Waals surface area contributed by atoms with Gasteiger partial charge in [-0.2, -0.15) is 0 Å². The lowest BCUT2D eigenvalue weighted by molar-refractivity contribution is 0.426. The average molecular weight is 232 g/mol. The highest BCUT2D eigenvalue weighted by Crippen LogP contribution is 2.20. The van der Waals surface area contributed by atoms with Crippen LogP contribution in [0.5, 0.6) is 0 Å². The summed E-state index contributed by atoms with van der Waals surface area (Å²) in [5.41, 5.74) is 1.99. The molecule has 0 saturated carbocycles. The van der Waals surface area contributed by atoms with E-state index in [0.29, 0.717) is 10.5 Å². The Kier molecular flexibility index (Phi) is 3.29. The second-order valence-corrected chi connectivity index (χ2v) is 3.85. The van der Waals surface area contributed by atoms with E-state index in [0.717, 1.165) is 11.1 Å². The van der Waals surface area contributed by atoms with Gasteiger partial charge in [0.2, 0.25) is 0 Å². The molecule has 2 rings (SSSR count). The molecule has 2 aromatic rings. The molecular formula is C12H10BClO2. The molecule has 2 N–H and O–H groups in total. The Labute approximate surface area is 99.3 Å². The lowest BCUT2D eigenvalue weighted by Gasteiger charge is -2.10. The van der Waals surface area contributed by atoms with Gasteiger partial charge in [0.05, 0.1) is 0 Å². The first-order valence-corrected chi connectivity index (χ1v) is 5.28. The summed E-state index contributed by atoms with van der Waals surface area (Å²) in [6.07, 6.45) is 0. The van der Waals surface area contributed by atoms with Crippen LogP contribution in [0.1, 0.15) is 0 Å². The second kappa shape index (κ2) is 4.70. The van der Waals surface area contributed by atoms with Gasteiger partial charge in [-0.3, -0.25) is 0 Å². The van der Waals surface area contributed by atoms with Crippen molar-refractivity contribution >= 4 is 24.2 Å². The van der Waals surface area contributed by atoms with Gasteiger partial charge < -0.3 is 10.0 Å². The van der Waals surface area contributed by atoms with Crippen LogP contribution in [0.3, 0.4) is 0 Å². The van der Waals surface area contributed by atoms with E-state index in [1.807, 2.05) is 36.4 Å². The summed E-state index contributed by atoms with van der Waals surface area (Å²) in [4.78, 5) is 0. The zero-order valence-electron chi connectivity index (χ0n) is 8.47. The molecule has 0 radical (unpaired) electrons. The molecule has 0 bridgehead atoms. The van der Waals surface area contributed by atoms with Gasteiger partial charge >= 0.3 is 7.12 Å². The van der Waals surface area contributed by atoms with E-state index < -0.39 is 7.12 Å². The van der Waals surface area contributed by atoms with Crippen molar-refractivity contribution in [1.82, 2.24) is 0 Å². The third-order valence-corrected chi connectivity index (χ3v) is 2.73. The quantitative estimate of drug-likeness (QED) is 0.774. The fourth-order valence-electron chi connectivity index (χ4n) is 1.67. The fourth-order valence-corrected chi connectivity index (χ4v) is 1.94. The minimum atomic E-state index is -1.57. The fraction of sp³-hybridized carbons (Fsp3) is 0. The molecule has 0 fully saturated rings. The van der Waals surface area contributed by atoms with Crippen molar-refractivity contribution in [3.05, 3.63) is 53.6 Å². The monoisotopic (exact) mass is 232 g/mol. The summed E-state index contributed by atoms with van der Waals surface area (Å²) >= 11 is 5.95. The van der Waals surface area contributed by atoms with E-state index in [9.17, 15) is 10.0 Å².